The van der Waals surface area contributed by atoms with Gasteiger partial charge in [0.1, 0.15) is 0 Å². The Kier molecular flexibility index (Phi) is 5.60. The molecule has 21 heavy (non-hydrogen) atoms. The van der Waals surface area contributed by atoms with Gasteiger partial charge < -0.3 is 15.7 Å². The van der Waals surface area contributed by atoms with Crippen molar-refractivity contribution >= 4 is 12.0 Å². The number of carboxylic acids is 1. The number of carboxylic acid groups (broad SMARTS) is 1. The molecule has 0 bridgehead atoms. The van der Waals surface area contributed by atoms with Crippen LogP contribution in [-0.2, 0) is 6.42 Å². The van der Waals surface area contributed by atoms with Crippen LogP contribution in [0.1, 0.15) is 41.6 Å². The van der Waals surface area contributed by atoms with Crippen LogP contribution in [0.15, 0.2) is 24.3 Å². The summed E-state index contributed by atoms with van der Waals surface area (Å²) in [4.78, 5) is 22.3. The molecule has 2 rings (SSSR count). The maximum atomic E-state index is 11.5. The van der Waals surface area contributed by atoms with E-state index in [0.29, 0.717) is 13.0 Å². The number of aromatic carboxylic acids is 1. The number of urea groups is 1. The Morgan fingerprint density at radius 2 is 1.76 bits per heavy atom. The molecule has 1 saturated carbocycles. The summed E-state index contributed by atoms with van der Waals surface area (Å²) in [5.41, 5.74) is 1.29. The van der Waals surface area contributed by atoms with E-state index in [1.165, 1.54) is 19.3 Å². The highest BCUT2D eigenvalue weighted by molar-refractivity contribution is 5.87. The van der Waals surface area contributed by atoms with Crippen LogP contribution in [0.3, 0.4) is 0 Å². The molecule has 0 aromatic heterocycles. The van der Waals surface area contributed by atoms with Crippen molar-refractivity contribution in [2.45, 2.75) is 32.1 Å². The van der Waals surface area contributed by atoms with Gasteiger partial charge in [-0.15, -0.1) is 0 Å². The second-order valence-corrected chi connectivity index (χ2v) is 5.52. The summed E-state index contributed by atoms with van der Waals surface area (Å²) < 4.78 is 0. The lowest BCUT2D eigenvalue weighted by atomic mass is 10.1. The van der Waals surface area contributed by atoms with E-state index in [0.717, 1.165) is 24.4 Å². The fourth-order valence-corrected chi connectivity index (χ4v) is 2.20. The molecular weight excluding hydrogens is 268 g/mol. The van der Waals surface area contributed by atoms with Gasteiger partial charge in [0.05, 0.1) is 5.56 Å². The van der Waals surface area contributed by atoms with Gasteiger partial charge in [0.15, 0.2) is 0 Å². The number of carbonyl (C=O) groups is 2. The fourth-order valence-electron chi connectivity index (χ4n) is 2.20. The van der Waals surface area contributed by atoms with Crippen LogP contribution in [0.25, 0.3) is 0 Å². The smallest absolute Gasteiger partial charge is 0.335 e. The van der Waals surface area contributed by atoms with Crippen molar-refractivity contribution in [3.05, 3.63) is 35.4 Å². The van der Waals surface area contributed by atoms with Crippen LogP contribution in [0.2, 0.25) is 0 Å². The number of nitrogens with one attached hydrogen (secondary N) is 2. The molecular formula is C16H22N2O3. The predicted octanol–water partition coefficient (Wildman–Crippen LogP) is 2.42. The second-order valence-electron chi connectivity index (χ2n) is 5.52. The molecule has 1 aromatic carbocycles. The molecule has 114 valence electrons. The van der Waals surface area contributed by atoms with Gasteiger partial charge in [-0.3, -0.25) is 0 Å². The lowest BCUT2D eigenvalue weighted by molar-refractivity contribution is 0.0697. The van der Waals surface area contributed by atoms with Gasteiger partial charge in [0, 0.05) is 13.1 Å². The predicted molar refractivity (Wildman–Crippen MR) is 80.5 cm³/mol. The Hall–Kier alpha value is -2.04. The summed E-state index contributed by atoms with van der Waals surface area (Å²) in [5, 5.41) is 14.5. The van der Waals surface area contributed by atoms with Crippen molar-refractivity contribution in [1.29, 1.82) is 0 Å². The van der Waals surface area contributed by atoms with Crippen LogP contribution in [-0.4, -0.2) is 30.2 Å². The standard InChI is InChI=1S/C16H22N2O3/c19-15(20)14-7-5-13(6-8-14)9-11-18-16(21)17-10-1-2-12-3-4-12/h5-8,12H,1-4,9-11H2,(H,19,20)(H2,17,18,21). The number of amides is 2. The molecule has 3 N–H and O–H groups in total. The van der Waals surface area contributed by atoms with Crippen molar-refractivity contribution in [3.63, 3.8) is 0 Å². The number of rotatable bonds is 8. The lowest BCUT2D eigenvalue weighted by Crippen LogP contribution is -2.37. The van der Waals surface area contributed by atoms with E-state index in [2.05, 4.69) is 10.6 Å². The van der Waals surface area contributed by atoms with E-state index >= 15 is 0 Å². The monoisotopic (exact) mass is 290 g/mol. The molecule has 5 heteroatoms. The lowest BCUT2D eigenvalue weighted by Gasteiger charge is -2.07. The zero-order chi connectivity index (χ0) is 15.1. The van der Waals surface area contributed by atoms with Crippen LogP contribution < -0.4 is 10.6 Å². The third-order valence-electron chi connectivity index (χ3n) is 3.67. The average Bonchev–Trinajstić information content (AvgIpc) is 3.28. The van der Waals surface area contributed by atoms with Crippen LogP contribution >= 0.6 is 0 Å². The van der Waals surface area contributed by atoms with E-state index in [1.54, 1.807) is 24.3 Å². The number of hydrogen-bond acceptors (Lipinski definition) is 2. The van der Waals surface area contributed by atoms with Crippen LogP contribution in [0.4, 0.5) is 4.79 Å². The average molecular weight is 290 g/mol. The van der Waals surface area contributed by atoms with Crippen molar-refractivity contribution in [3.8, 4) is 0 Å². The highest BCUT2D eigenvalue weighted by Gasteiger charge is 2.19. The Morgan fingerprint density at radius 1 is 1.10 bits per heavy atom. The summed E-state index contributed by atoms with van der Waals surface area (Å²) in [6.45, 7) is 1.27. The van der Waals surface area contributed by atoms with Crippen molar-refractivity contribution in [2.24, 2.45) is 5.92 Å². The minimum Gasteiger partial charge on any atom is -0.478 e. The normalized spacial score (nSPS) is 13.7. The molecule has 0 saturated heterocycles. The molecule has 1 aliphatic rings. The SMILES string of the molecule is O=C(NCCCC1CC1)NCCc1ccc(C(=O)O)cc1. The van der Waals surface area contributed by atoms with Gasteiger partial charge in [0.25, 0.3) is 0 Å². The third kappa shape index (κ3) is 5.85. The summed E-state index contributed by atoms with van der Waals surface area (Å²) >= 11 is 0. The van der Waals surface area contributed by atoms with Crippen molar-refractivity contribution in [1.82, 2.24) is 10.6 Å². The first kappa shape index (κ1) is 15.4. The van der Waals surface area contributed by atoms with E-state index < -0.39 is 5.97 Å². The van der Waals surface area contributed by atoms with Crippen molar-refractivity contribution < 1.29 is 14.7 Å². The summed E-state index contributed by atoms with van der Waals surface area (Å²) in [7, 11) is 0. The Balaban J connectivity index is 1.57. The summed E-state index contributed by atoms with van der Waals surface area (Å²) in [5.74, 6) is -0.0196. The van der Waals surface area contributed by atoms with Gasteiger partial charge >= 0.3 is 12.0 Å². The molecule has 5 nitrogen and oxygen atoms in total. The highest BCUT2D eigenvalue weighted by atomic mass is 16.4. The van der Waals surface area contributed by atoms with Crippen LogP contribution in [0.5, 0.6) is 0 Å². The van der Waals surface area contributed by atoms with Gasteiger partial charge in [-0.25, -0.2) is 9.59 Å². The molecule has 0 aliphatic heterocycles. The molecule has 1 aromatic rings. The topological polar surface area (TPSA) is 78.4 Å². The minimum absolute atomic E-state index is 0.132. The van der Waals surface area contributed by atoms with E-state index in [9.17, 15) is 9.59 Å². The van der Waals surface area contributed by atoms with E-state index in [-0.39, 0.29) is 11.6 Å². The van der Waals surface area contributed by atoms with Gasteiger partial charge in [-0.2, -0.15) is 0 Å². The molecule has 1 aliphatic carbocycles. The summed E-state index contributed by atoms with van der Waals surface area (Å²) in [6, 6.07) is 6.58. The Morgan fingerprint density at radius 3 is 2.38 bits per heavy atom. The number of hydrogen-bond donors (Lipinski definition) is 3. The quantitative estimate of drug-likeness (QED) is 0.643. The number of carbonyl (C=O) groups excluding carboxylic acids is 1. The number of benzene rings is 1. The molecule has 0 radical (unpaired) electrons. The van der Waals surface area contributed by atoms with Gasteiger partial charge in [-0.05, 0) is 42.9 Å². The Labute approximate surface area is 124 Å². The highest BCUT2D eigenvalue weighted by Crippen LogP contribution is 2.33. The molecule has 1 fully saturated rings. The molecule has 0 heterocycles. The Bertz CT molecular complexity index is 481. The molecule has 0 unspecified atom stereocenters. The minimum atomic E-state index is -0.926. The zero-order valence-corrected chi connectivity index (χ0v) is 12.1. The van der Waals surface area contributed by atoms with E-state index in [1.807, 2.05) is 0 Å². The first-order chi connectivity index (χ1) is 10.1. The fraction of sp³-hybridized carbons (Fsp3) is 0.500. The zero-order valence-electron chi connectivity index (χ0n) is 12.1. The third-order valence-corrected chi connectivity index (χ3v) is 3.67. The summed E-state index contributed by atoms with van der Waals surface area (Å²) in [6.07, 6.45) is 5.67. The second kappa shape index (κ2) is 7.67. The molecule has 0 atom stereocenters. The van der Waals surface area contributed by atoms with Crippen LogP contribution in [0, 0.1) is 5.92 Å². The molecule has 0 spiro atoms. The van der Waals surface area contributed by atoms with E-state index in [4.69, 9.17) is 5.11 Å². The van der Waals surface area contributed by atoms with Gasteiger partial charge in [-0.1, -0.05) is 25.0 Å². The first-order valence-electron chi connectivity index (χ1n) is 7.49. The van der Waals surface area contributed by atoms with Gasteiger partial charge in [0.2, 0.25) is 0 Å². The van der Waals surface area contributed by atoms with Crippen molar-refractivity contribution in [2.75, 3.05) is 13.1 Å². The maximum absolute atomic E-state index is 11.5. The maximum Gasteiger partial charge on any atom is 0.335 e. The largest absolute Gasteiger partial charge is 0.478 e. The molecule has 2 amide bonds. The first-order valence-corrected chi connectivity index (χ1v) is 7.49.